The van der Waals surface area contributed by atoms with Crippen LogP contribution in [-0.2, 0) is 5.75 Å². The highest BCUT2D eigenvalue weighted by Crippen LogP contribution is 2.24. The Morgan fingerprint density at radius 3 is 2.96 bits per heavy atom. The molecule has 9 heteroatoms. The van der Waals surface area contributed by atoms with Gasteiger partial charge in [-0.15, -0.1) is 10.2 Å². The van der Waals surface area contributed by atoms with Crippen LogP contribution in [0.3, 0.4) is 0 Å². The molecule has 3 aromatic heterocycles. The van der Waals surface area contributed by atoms with Gasteiger partial charge in [0.2, 0.25) is 0 Å². The highest BCUT2D eigenvalue weighted by molar-refractivity contribution is 9.10. The first-order valence-corrected chi connectivity index (χ1v) is 9.77. The van der Waals surface area contributed by atoms with Gasteiger partial charge in [0.05, 0.1) is 18.5 Å². The van der Waals surface area contributed by atoms with E-state index >= 15 is 0 Å². The quantitative estimate of drug-likeness (QED) is 0.440. The van der Waals surface area contributed by atoms with Gasteiger partial charge in [-0.25, -0.2) is 4.98 Å². The minimum atomic E-state index is -0.119. The number of benzene rings is 1. The zero-order valence-electron chi connectivity index (χ0n) is 14.2. The first-order valence-electron chi connectivity index (χ1n) is 7.99. The number of pyridine rings is 1. The molecule has 0 aliphatic heterocycles. The van der Waals surface area contributed by atoms with E-state index in [0.29, 0.717) is 22.3 Å². The van der Waals surface area contributed by atoms with Crippen molar-refractivity contribution in [2.75, 3.05) is 7.11 Å². The molecule has 27 heavy (non-hydrogen) atoms. The van der Waals surface area contributed by atoms with E-state index in [1.165, 1.54) is 16.2 Å². The van der Waals surface area contributed by atoms with E-state index in [-0.39, 0.29) is 5.56 Å². The van der Waals surface area contributed by atoms with Gasteiger partial charge in [-0.2, -0.15) is 0 Å². The first-order chi connectivity index (χ1) is 13.1. The molecule has 0 saturated heterocycles. The molecule has 0 N–H and O–H groups in total. The Hall–Kier alpha value is -2.65. The molecular weight excluding hydrogens is 430 g/mol. The summed E-state index contributed by atoms with van der Waals surface area (Å²) in [6.07, 6.45) is 3.36. The van der Waals surface area contributed by atoms with Crippen molar-refractivity contribution in [3.8, 4) is 11.4 Å². The monoisotopic (exact) mass is 443 g/mol. The summed E-state index contributed by atoms with van der Waals surface area (Å²) in [7, 11) is 1.63. The molecule has 136 valence electrons. The summed E-state index contributed by atoms with van der Waals surface area (Å²) < 4.78 is 9.48. The largest absolute Gasteiger partial charge is 0.497 e. The third-order valence-electron chi connectivity index (χ3n) is 3.87. The van der Waals surface area contributed by atoms with Gasteiger partial charge in [0.15, 0.2) is 5.16 Å². The predicted molar refractivity (Wildman–Crippen MR) is 107 cm³/mol. The number of fused-ring (bicyclic) bond motifs is 1. The summed E-state index contributed by atoms with van der Waals surface area (Å²) in [5.41, 5.74) is 2.08. The van der Waals surface area contributed by atoms with E-state index in [1.54, 1.807) is 31.8 Å². The molecule has 7 nitrogen and oxygen atoms in total. The Labute approximate surface area is 167 Å². The lowest BCUT2D eigenvalue weighted by Crippen LogP contribution is -2.15. The van der Waals surface area contributed by atoms with Crippen molar-refractivity contribution in [3.63, 3.8) is 0 Å². The maximum atomic E-state index is 12.3. The summed E-state index contributed by atoms with van der Waals surface area (Å²) in [5, 5.41) is 8.89. The molecule has 0 atom stereocenters. The highest BCUT2D eigenvalue weighted by atomic mass is 79.9. The summed E-state index contributed by atoms with van der Waals surface area (Å²) in [6.45, 7) is 0. The zero-order chi connectivity index (χ0) is 18.8. The van der Waals surface area contributed by atoms with Crippen LogP contribution in [-0.4, -0.2) is 31.3 Å². The van der Waals surface area contributed by atoms with Crippen LogP contribution in [0.15, 0.2) is 69.4 Å². The molecule has 0 saturated carbocycles. The molecule has 1 aromatic carbocycles. The van der Waals surface area contributed by atoms with Gasteiger partial charge >= 0.3 is 0 Å². The second kappa shape index (κ2) is 7.53. The number of hydrogen-bond donors (Lipinski definition) is 0. The van der Waals surface area contributed by atoms with Crippen LogP contribution in [0.1, 0.15) is 5.69 Å². The smallest absolute Gasteiger partial charge is 0.258 e. The standard InChI is InChI=1S/C18H14BrN5O2S/c1-26-15-4-2-3-14(8-15)24-11-20-22-18(24)27-10-13-7-17(25)23-9-12(19)5-6-16(23)21-13/h2-9,11H,10H2,1H3. The van der Waals surface area contributed by atoms with Crippen molar-refractivity contribution in [2.45, 2.75) is 10.9 Å². The minimum Gasteiger partial charge on any atom is -0.497 e. The fraction of sp³-hybridized carbons (Fsp3) is 0.111. The molecule has 4 rings (SSSR count). The summed E-state index contributed by atoms with van der Waals surface area (Å²) in [6, 6.07) is 12.9. The topological polar surface area (TPSA) is 74.3 Å². The number of aromatic nitrogens is 5. The Kier molecular flexibility index (Phi) is 4.95. The molecule has 4 aromatic rings. The Balaban J connectivity index is 1.60. The minimum absolute atomic E-state index is 0.119. The molecule has 0 aliphatic carbocycles. The van der Waals surface area contributed by atoms with E-state index < -0.39 is 0 Å². The van der Waals surface area contributed by atoms with Crippen LogP contribution in [0.5, 0.6) is 5.75 Å². The summed E-state index contributed by atoms with van der Waals surface area (Å²) >= 11 is 4.83. The van der Waals surface area contributed by atoms with Crippen molar-refractivity contribution >= 4 is 33.3 Å². The molecule has 0 bridgehead atoms. The van der Waals surface area contributed by atoms with Crippen LogP contribution in [0.4, 0.5) is 0 Å². The molecule has 0 radical (unpaired) electrons. The van der Waals surface area contributed by atoms with Crippen molar-refractivity contribution in [3.05, 3.63) is 75.5 Å². The number of thioether (sulfide) groups is 1. The van der Waals surface area contributed by atoms with Gasteiger partial charge in [0.1, 0.15) is 17.7 Å². The average molecular weight is 444 g/mol. The van der Waals surface area contributed by atoms with Crippen LogP contribution in [0, 0.1) is 0 Å². The first kappa shape index (κ1) is 17.7. The molecule has 3 heterocycles. The van der Waals surface area contributed by atoms with E-state index in [9.17, 15) is 4.79 Å². The number of nitrogens with zero attached hydrogens (tertiary/aromatic N) is 5. The van der Waals surface area contributed by atoms with Gasteiger partial charge < -0.3 is 4.74 Å². The Morgan fingerprint density at radius 1 is 1.22 bits per heavy atom. The molecule has 0 spiro atoms. The number of methoxy groups -OCH3 is 1. The molecular formula is C18H14BrN5O2S. The van der Waals surface area contributed by atoms with Crippen LogP contribution < -0.4 is 10.3 Å². The number of ether oxygens (including phenoxy) is 1. The molecule has 0 amide bonds. The van der Waals surface area contributed by atoms with Gasteiger partial charge in [-0.05, 0) is 40.2 Å². The fourth-order valence-electron chi connectivity index (χ4n) is 2.60. The lowest BCUT2D eigenvalue weighted by atomic mass is 10.3. The Bertz CT molecular complexity index is 1170. The van der Waals surface area contributed by atoms with Gasteiger partial charge in [-0.1, -0.05) is 17.8 Å². The summed E-state index contributed by atoms with van der Waals surface area (Å²) in [4.78, 5) is 16.9. The number of hydrogen-bond acceptors (Lipinski definition) is 6. The Morgan fingerprint density at radius 2 is 2.11 bits per heavy atom. The van der Waals surface area contributed by atoms with Crippen LogP contribution in [0.25, 0.3) is 11.3 Å². The van der Waals surface area contributed by atoms with Gasteiger partial charge in [-0.3, -0.25) is 13.8 Å². The number of rotatable bonds is 5. The van der Waals surface area contributed by atoms with Crippen LogP contribution >= 0.6 is 27.7 Å². The summed E-state index contributed by atoms with van der Waals surface area (Å²) in [5.74, 6) is 1.26. The highest BCUT2D eigenvalue weighted by Gasteiger charge is 2.10. The fourth-order valence-corrected chi connectivity index (χ4v) is 3.76. The lowest BCUT2D eigenvalue weighted by molar-refractivity contribution is 0.414. The predicted octanol–water partition coefficient (Wildman–Crippen LogP) is 3.34. The van der Waals surface area contributed by atoms with E-state index in [0.717, 1.165) is 15.9 Å². The van der Waals surface area contributed by atoms with Gasteiger partial charge in [0.25, 0.3) is 5.56 Å². The third kappa shape index (κ3) is 3.74. The van der Waals surface area contributed by atoms with Crippen LogP contribution in [0.2, 0.25) is 0 Å². The van der Waals surface area contributed by atoms with Crippen molar-refractivity contribution < 1.29 is 4.74 Å². The maximum Gasteiger partial charge on any atom is 0.258 e. The second-order valence-electron chi connectivity index (χ2n) is 5.63. The SMILES string of the molecule is COc1cccc(-n2cnnc2SCc2cc(=O)n3cc(Br)ccc3n2)c1. The van der Waals surface area contributed by atoms with E-state index in [2.05, 4.69) is 31.1 Å². The average Bonchev–Trinajstić information content (AvgIpc) is 3.16. The molecule has 0 unspecified atom stereocenters. The zero-order valence-corrected chi connectivity index (χ0v) is 16.6. The molecule has 0 fully saturated rings. The third-order valence-corrected chi connectivity index (χ3v) is 5.32. The maximum absolute atomic E-state index is 12.3. The number of halogens is 1. The van der Waals surface area contributed by atoms with Crippen molar-refractivity contribution in [1.82, 2.24) is 24.1 Å². The van der Waals surface area contributed by atoms with Crippen molar-refractivity contribution in [1.29, 1.82) is 0 Å². The van der Waals surface area contributed by atoms with Crippen molar-refractivity contribution in [2.24, 2.45) is 0 Å². The van der Waals surface area contributed by atoms with E-state index in [4.69, 9.17) is 4.74 Å². The normalized spacial score (nSPS) is 11.0. The second-order valence-corrected chi connectivity index (χ2v) is 7.49. The van der Waals surface area contributed by atoms with E-state index in [1.807, 2.05) is 34.9 Å². The van der Waals surface area contributed by atoms with Gasteiger partial charge in [0, 0.05) is 28.6 Å². The molecule has 0 aliphatic rings. The lowest BCUT2D eigenvalue weighted by Gasteiger charge is -2.08.